The molecule has 0 bridgehead atoms. The van der Waals surface area contributed by atoms with Crippen LogP contribution in [-0.2, 0) is 6.42 Å². The number of hydrogen-bond acceptors (Lipinski definition) is 1. The molecule has 0 amide bonds. The molecule has 1 aromatic heterocycles. The Hall–Kier alpha value is -1.05. The highest BCUT2D eigenvalue weighted by atomic mass is 16.5. The maximum atomic E-state index is 11.3. The summed E-state index contributed by atoms with van der Waals surface area (Å²) in [4.78, 5) is 0. The number of hydrogen-bond donors (Lipinski definition) is 0. The highest BCUT2D eigenvalue weighted by Gasteiger charge is 2.21. The summed E-state index contributed by atoms with van der Waals surface area (Å²) in [6.45, 7) is 2.19. The van der Waals surface area contributed by atoms with E-state index >= 15 is 0 Å². The Labute approximate surface area is 72.4 Å². The summed E-state index contributed by atoms with van der Waals surface area (Å²) in [7, 11) is 0. The SMILES string of the molecule is CC1CCCc2c1ccc[n+]2[O-]. The number of aromatic nitrogens is 1. The van der Waals surface area contributed by atoms with Gasteiger partial charge in [0.1, 0.15) is 0 Å². The van der Waals surface area contributed by atoms with E-state index in [1.807, 2.05) is 6.07 Å². The van der Waals surface area contributed by atoms with Crippen LogP contribution in [0.4, 0.5) is 0 Å². The number of pyridine rings is 1. The molecule has 1 aliphatic rings. The Balaban J connectivity index is 2.52. The van der Waals surface area contributed by atoms with Gasteiger partial charge in [0.15, 0.2) is 11.9 Å². The van der Waals surface area contributed by atoms with Gasteiger partial charge in [-0.15, -0.1) is 0 Å². The van der Waals surface area contributed by atoms with Crippen LogP contribution in [-0.4, -0.2) is 0 Å². The van der Waals surface area contributed by atoms with Gasteiger partial charge in [0.25, 0.3) is 0 Å². The van der Waals surface area contributed by atoms with E-state index in [4.69, 9.17) is 0 Å². The van der Waals surface area contributed by atoms with Crippen molar-refractivity contribution in [3.8, 4) is 0 Å². The zero-order valence-corrected chi connectivity index (χ0v) is 7.29. The van der Waals surface area contributed by atoms with Crippen molar-refractivity contribution in [3.05, 3.63) is 34.8 Å². The quantitative estimate of drug-likeness (QED) is 0.423. The van der Waals surface area contributed by atoms with Gasteiger partial charge in [-0.2, -0.15) is 4.73 Å². The average molecular weight is 163 g/mol. The molecular weight excluding hydrogens is 150 g/mol. The van der Waals surface area contributed by atoms with Crippen LogP contribution in [0.3, 0.4) is 0 Å². The Morgan fingerprint density at radius 2 is 2.42 bits per heavy atom. The van der Waals surface area contributed by atoms with Crippen molar-refractivity contribution in [3.63, 3.8) is 0 Å². The Morgan fingerprint density at radius 3 is 3.17 bits per heavy atom. The van der Waals surface area contributed by atoms with Crippen LogP contribution < -0.4 is 4.73 Å². The fraction of sp³-hybridized carbons (Fsp3) is 0.500. The van der Waals surface area contributed by atoms with Crippen LogP contribution in [0, 0.1) is 5.21 Å². The third-order valence-corrected chi connectivity index (χ3v) is 2.68. The Morgan fingerprint density at radius 1 is 1.58 bits per heavy atom. The number of rotatable bonds is 0. The van der Waals surface area contributed by atoms with Crippen molar-refractivity contribution in [1.82, 2.24) is 0 Å². The minimum atomic E-state index is 0.565. The van der Waals surface area contributed by atoms with Crippen molar-refractivity contribution in [2.45, 2.75) is 32.1 Å². The van der Waals surface area contributed by atoms with Crippen LogP contribution in [0.15, 0.2) is 18.3 Å². The van der Waals surface area contributed by atoms with Crippen molar-refractivity contribution >= 4 is 0 Å². The van der Waals surface area contributed by atoms with Crippen molar-refractivity contribution in [1.29, 1.82) is 0 Å². The molecule has 2 nitrogen and oxygen atoms in total. The number of fused-ring (bicyclic) bond motifs is 1. The fourth-order valence-electron chi connectivity index (χ4n) is 1.97. The Bertz CT molecular complexity index is 296. The van der Waals surface area contributed by atoms with E-state index in [1.165, 1.54) is 12.0 Å². The molecule has 2 rings (SSSR count). The summed E-state index contributed by atoms with van der Waals surface area (Å²) in [5.41, 5.74) is 2.23. The van der Waals surface area contributed by atoms with Gasteiger partial charge in [-0.3, -0.25) is 0 Å². The van der Waals surface area contributed by atoms with E-state index in [-0.39, 0.29) is 0 Å². The summed E-state index contributed by atoms with van der Waals surface area (Å²) in [5, 5.41) is 11.3. The highest BCUT2D eigenvalue weighted by molar-refractivity contribution is 5.22. The first-order valence-electron chi connectivity index (χ1n) is 4.50. The summed E-state index contributed by atoms with van der Waals surface area (Å²) in [6.07, 6.45) is 4.92. The first kappa shape index (κ1) is 7.59. The van der Waals surface area contributed by atoms with Crippen LogP contribution in [0.25, 0.3) is 0 Å². The van der Waals surface area contributed by atoms with E-state index in [1.54, 1.807) is 6.20 Å². The second kappa shape index (κ2) is 2.77. The molecule has 1 unspecified atom stereocenters. The zero-order valence-electron chi connectivity index (χ0n) is 7.29. The molecule has 0 saturated heterocycles. The van der Waals surface area contributed by atoms with Crippen LogP contribution in [0.1, 0.15) is 36.9 Å². The van der Waals surface area contributed by atoms with Gasteiger partial charge in [-0.05, 0) is 24.8 Å². The molecule has 2 heteroatoms. The lowest BCUT2D eigenvalue weighted by atomic mass is 9.87. The lowest BCUT2D eigenvalue weighted by Gasteiger charge is -2.19. The molecule has 1 aliphatic carbocycles. The summed E-state index contributed by atoms with van der Waals surface area (Å²) in [5.74, 6) is 0.565. The van der Waals surface area contributed by atoms with Gasteiger partial charge in [-0.1, -0.05) is 6.92 Å². The maximum Gasteiger partial charge on any atom is 0.196 e. The van der Waals surface area contributed by atoms with Gasteiger partial charge in [0, 0.05) is 18.1 Å². The second-order valence-electron chi connectivity index (χ2n) is 3.53. The Kier molecular flexibility index (Phi) is 1.75. The molecule has 0 N–H and O–H groups in total. The minimum Gasteiger partial charge on any atom is -0.618 e. The van der Waals surface area contributed by atoms with Gasteiger partial charge < -0.3 is 5.21 Å². The van der Waals surface area contributed by atoms with Crippen molar-refractivity contribution in [2.75, 3.05) is 0 Å². The van der Waals surface area contributed by atoms with Crippen molar-refractivity contribution < 1.29 is 4.73 Å². The van der Waals surface area contributed by atoms with Gasteiger partial charge in [0.05, 0.1) is 0 Å². The normalized spacial score (nSPS) is 21.9. The second-order valence-corrected chi connectivity index (χ2v) is 3.53. The predicted octanol–water partition coefficient (Wildman–Crippen LogP) is 1.76. The molecule has 1 atom stereocenters. The van der Waals surface area contributed by atoms with E-state index in [0.29, 0.717) is 5.92 Å². The standard InChI is InChI=1S/C10H13NO/c1-8-4-2-6-10-9(8)5-3-7-11(10)12/h3,5,7-8H,2,4,6H2,1H3. The molecule has 0 saturated carbocycles. The predicted molar refractivity (Wildman–Crippen MR) is 46.8 cm³/mol. The first-order chi connectivity index (χ1) is 5.79. The molecular formula is C10H13NO. The third kappa shape index (κ3) is 1.07. The maximum absolute atomic E-state index is 11.3. The topological polar surface area (TPSA) is 26.9 Å². The summed E-state index contributed by atoms with van der Waals surface area (Å²) < 4.78 is 1.02. The lowest BCUT2D eigenvalue weighted by molar-refractivity contribution is -0.615. The van der Waals surface area contributed by atoms with Gasteiger partial charge >= 0.3 is 0 Å². The first-order valence-corrected chi connectivity index (χ1v) is 4.50. The molecule has 0 fully saturated rings. The van der Waals surface area contributed by atoms with Gasteiger partial charge in [0.2, 0.25) is 0 Å². The van der Waals surface area contributed by atoms with E-state index in [2.05, 4.69) is 13.0 Å². The zero-order chi connectivity index (χ0) is 8.55. The van der Waals surface area contributed by atoms with E-state index in [0.717, 1.165) is 23.3 Å². The third-order valence-electron chi connectivity index (χ3n) is 2.68. The largest absolute Gasteiger partial charge is 0.618 e. The summed E-state index contributed by atoms with van der Waals surface area (Å²) in [6, 6.07) is 3.92. The van der Waals surface area contributed by atoms with E-state index < -0.39 is 0 Å². The molecule has 64 valence electrons. The van der Waals surface area contributed by atoms with Gasteiger partial charge in [-0.25, -0.2) is 0 Å². The molecule has 0 aliphatic heterocycles. The molecule has 1 heterocycles. The monoisotopic (exact) mass is 163 g/mol. The molecule has 0 radical (unpaired) electrons. The van der Waals surface area contributed by atoms with Crippen LogP contribution >= 0.6 is 0 Å². The fourth-order valence-corrected chi connectivity index (χ4v) is 1.97. The molecule has 1 aromatic rings. The van der Waals surface area contributed by atoms with Crippen molar-refractivity contribution in [2.24, 2.45) is 0 Å². The minimum absolute atomic E-state index is 0.565. The molecule has 0 spiro atoms. The smallest absolute Gasteiger partial charge is 0.196 e. The van der Waals surface area contributed by atoms with Crippen LogP contribution in [0.2, 0.25) is 0 Å². The number of nitrogens with zero attached hydrogens (tertiary/aromatic N) is 1. The molecule has 12 heavy (non-hydrogen) atoms. The lowest BCUT2D eigenvalue weighted by Crippen LogP contribution is -2.34. The highest BCUT2D eigenvalue weighted by Crippen LogP contribution is 2.28. The summed E-state index contributed by atoms with van der Waals surface area (Å²) >= 11 is 0. The van der Waals surface area contributed by atoms with Crippen LogP contribution in [0.5, 0.6) is 0 Å². The average Bonchev–Trinajstić information content (AvgIpc) is 2.07. The molecule has 0 aromatic carbocycles. The van der Waals surface area contributed by atoms with E-state index in [9.17, 15) is 5.21 Å².